The highest BCUT2D eigenvalue weighted by molar-refractivity contribution is 9.10. The Morgan fingerprint density at radius 1 is 0.914 bits per heavy atom. The number of halogens is 2. The van der Waals surface area contributed by atoms with Crippen LogP contribution in [0.2, 0.25) is 5.02 Å². The summed E-state index contributed by atoms with van der Waals surface area (Å²) in [5.41, 5.74) is 3.73. The van der Waals surface area contributed by atoms with Crippen LogP contribution in [0, 0.1) is 18.8 Å². The van der Waals surface area contributed by atoms with Gasteiger partial charge >= 0.3 is 0 Å². The van der Waals surface area contributed by atoms with Crippen molar-refractivity contribution in [2.45, 2.75) is 19.0 Å². The average molecular weight is 548 g/mol. The van der Waals surface area contributed by atoms with Crippen molar-refractivity contribution in [2.24, 2.45) is 11.8 Å². The fraction of sp³-hybridized carbons (Fsp3) is 0.179. The molecule has 0 N–H and O–H groups in total. The highest BCUT2D eigenvalue weighted by Gasteiger charge is 2.64. The Labute approximate surface area is 216 Å². The standard InChI is InChI=1S/C28H20BrClN2O3/c1-15-2-10-20(11-3-15)31-27(34)23-22-12-6-17-14-19(30)9-13-21(17)32(22)25(24(23)28(31)35)26(33)16-4-7-18(29)8-5-16/h2-14,22-25H,1H3/t22-,23+,24-,25+/m1/s1. The van der Waals surface area contributed by atoms with Gasteiger partial charge in [-0.15, -0.1) is 0 Å². The molecule has 3 aliphatic heterocycles. The Kier molecular flexibility index (Phi) is 5.20. The van der Waals surface area contributed by atoms with E-state index in [9.17, 15) is 14.4 Å². The van der Waals surface area contributed by atoms with Gasteiger partial charge in [0.15, 0.2) is 5.78 Å². The van der Waals surface area contributed by atoms with Crippen LogP contribution in [0.5, 0.6) is 0 Å². The third-order valence-electron chi connectivity index (χ3n) is 7.16. The fourth-order valence-corrected chi connectivity index (χ4v) is 6.02. The molecule has 174 valence electrons. The number of carbonyl (C=O) groups is 3. The number of hydrogen-bond acceptors (Lipinski definition) is 4. The summed E-state index contributed by atoms with van der Waals surface area (Å²) in [6.45, 7) is 1.95. The summed E-state index contributed by atoms with van der Waals surface area (Å²) in [5.74, 6) is -2.24. The fourth-order valence-electron chi connectivity index (χ4n) is 5.58. The largest absolute Gasteiger partial charge is 0.352 e. The van der Waals surface area contributed by atoms with Crippen molar-refractivity contribution in [1.82, 2.24) is 0 Å². The van der Waals surface area contributed by atoms with Gasteiger partial charge in [0.2, 0.25) is 11.8 Å². The number of imide groups is 1. The molecule has 0 spiro atoms. The van der Waals surface area contributed by atoms with E-state index in [0.717, 1.165) is 21.3 Å². The molecule has 5 nitrogen and oxygen atoms in total. The Balaban J connectivity index is 1.49. The van der Waals surface area contributed by atoms with E-state index in [1.165, 1.54) is 4.90 Å². The average Bonchev–Trinajstić information content (AvgIpc) is 3.32. The molecule has 3 heterocycles. The van der Waals surface area contributed by atoms with Crippen molar-refractivity contribution in [3.63, 3.8) is 0 Å². The van der Waals surface area contributed by atoms with Crippen molar-refractivity contribution in [2.75, 3.05) is 9.80 Å². The minimum atomic E-state index is -0.817. The number of amides is 2. The molecule has 0 radical (unpaired) electrons. The lowest BCUT2D eigenvalue weighted by Gasteiger charge is -2.36. The zero-order chi connectivity index (χ0) is 24.4. The van der Waals surface area contributed by atoms with Gasteiger partial charge < -0.3 is 4.90 Å². The van der Waals surface area contributed by atoms with E-state index >= 15 is 0 Å². The van der Waals surface area contributed by atoms with Crippen molar-refractivity contribution in [3.05, 3.63) is 99.0 Å². The number of ketones is 1. The van der Waals surface area contributed by atoms with E-state index in [1.807, 2.05) is 48.2 Å². The Bertz CT molecular complexity index is 1420. The molecular weight excluding hydrogens is 528 g/mol. The molecule has 0 bridgehead atoms. The highest BCUT2D eigenvalue weighted by atomic mass is 79.9. The Hall–Kier alpha value is -3.22. The van der Waals surface area contributed by atoms with Gasteiger partial charge in [-0.2, -0.15) is 0 Å². The van der Waals surface area contributed by atoms with Crippen molar-refractivity contribution >= 4 is 62.6 Å². The van der Waals surface area contributed by atoms with E-state index in [4.69, 9.17) is 11.6 Å². The number of Topliss-reactive ketones (excluding diaryl/α,β-unsaturated/α-hetero) is 1. The van der Waals surface area contributed by atoms with Crippen LogP contribution in [-0.2, 0) is 9.59 Å². The van der Waals surface area contributed by atoms with Gasteiger partial charge in [-0.25, -0.2) is 4.90 Å². The van der Waals surface area contributed by atoms with E-state index < -0.39 is 23.9 Å². The summed E-state index contributed by atoms with van der Waals surface area (Å²) >= 11 is 9.64. The summed E-state index contributed by atoms with van der Waals surface area (Å²) < 4.78 is 0.856. The number of carbonyl (C=O) groups excluding carboxylic acids is 3. The van der Waals surface area contributed by atoms with Gasteiger partial charge in [-0.1, -0.05) is 69.5 Å². The number of benzene rings is 3. The molecular formula is C28H20BrClN2O3. The molecule has 2 fully saturated rings. The number of nitrogens with zero attached hydrogens (tertiary/aromatic N) is 2. The zero-order valence-corrected chi connectivity index (χ0v) is 21.0. The molecule has 7 heteroatoms. The first-order chi connectivity index (χ1) is 16.8. The molecule has 35 heavy (non-hydrogen) atoms. The van der Waals surface area contributed by atoms with Crippen molar-refractivity contribution in [1.29, 1.82) is 0 Å². The molecule has 3 aliphatic rings. The SMILES string of the molecule is Cc1ccc(N2C(=O)[C@@H]3[C@@H](C2=O)[C@@H](C(=O)c2ccc(Br)cc2)N2c4ccc(Cl)cc4C=C[C@H]32)cc1. The maximum absolute atomic E-state index is 14.0. The van der Waals surface area contributed by atoms with Gasteiger partial charge in [0.1, 0.15) is 6.04 Å². The third kappa shape index (κ3) is 3.39. The summed E-state index contributed by atoms with van der Waals surface area (Å²) in [6.07, 6.45) is 3.85. The molecule has 0 unspecified atom stereocenters. The predicted molar refractivity (Wildman–Crippen MR) is 140 cm³/mol. The molecule has 2 amide bonds. The first-order valence-corrected chi connectivity index (χ1v) is 12.5. The first kappa shape index (κ1) is 22.3. The number of rotatable bonds is 3. The van der Waals surface area contributed by atoms with E-state index in [1.54, 1.807) is 42.5 Å². The van der Waals surface area contributed by atoms with Crippen molar-refractivity contribution < 1.29 is 14.4 Å². The van der Waals surface area contributed by atoms with Gasteiger partial charge in [-0.3, -0.25) is 14.4 Å². The quantitative estimate of drug-likeness (QED) is 0.313. The van der Waals surface area contributed by atoms with Gasteiger partial charge in [0.05, 0.1) is 23.6 Å². The topological polar surface area (TPSA) is 57.7 Å². The molecule has 0 aromatic heterocycles. The number of fused-ring (bicyclic) bond motifs is 5. The van der Waals surface area contributed by atoms with Crippen LogP contribution >= 0.6 is 27.5 Å². The second-order valence-electron chi connectivity index (χ2n) is 9.18. The lowest BCUT2D eigenvalue weighted by Crippen LogP contribution is -2.48. The van der Waals surface area contributed by atoms with Crippen molar-refractivity contribution in [3.8, 4) is 0 Å². The zero-order valence-electron chi connectivity index (χ0n) is 18.7. The normalized spacial score (nSPS) is 24.4. The van der Waals surface area contributed by atoms with Crippen LogP contribution in [0.3, 0.4) is 0 Å². The summed E-state index contributed by atoms with van der Waals surface area (Å²) in [6, 6.07) is 18.7. The Morgan fingerprint density at radius 2 is 1.60 bits per heavy atom. The predicted octanol–water partition coefficient (Wildman–Crippen LogP) is 5.68. The Morgan fingerprint density at radius 3 is 2.31 bits per heavy atom. The number of aryl methyl sites for hydroxylation is 1. The third-order valence-corrected chi connectivity index (χ3v) is 7.92. The lowest BCUT2D eigenvalue weighted by atomic mass is 9.86. The van der Waals surface area contributed by atoms with Crippen LogP contribution in [0.4, 0.5) is 11.4 Å². The van der Waals surface area contributed by atoms with Crippen LogP contribution in [-0.4, -0.2) is 29.7 Å². The second kappa shape index (κ2) is 8.18. The van der Waals surface area contributed by atoms with E-state index in [-0.39, 0.29) is 17.6 Å². The summed E-state index contributed by atoms with van der Waals surface area (Å²) in [5, 5.41) is 0.583. The monoisotopic (exact) mass is 546 g/mol. The summed E-state index contributed by atoms with van der Waals surface area (Å²) in [4.78, 5) is 44.8. The van der Waals surface area contributed by atoms with Crippen LogP contribution in [0.25, 0.3) is 6.08 Å². The van der Waals surface area contributed by atoms with Crippen LogP contribution in [0.1, 0.15) is 21.5 Å². The second-order valence-corrected chi connectivity index (χ2v) is 10.5. The molecule has 3 aromatic rings. The molecule has 3 aromatic carbocycles. The first-order valence-electron chi connectivity index (χ1n) is 11.4. The molecule has 6 rings (SSSR count). The van der Waals surface area contributed by atoms with E-state index in [2.05, 4.69) is 15.9 Å². The molecule has 2 saturated heterocycles. The maximum Gasteiger partial charge on any atom is 0.240 e. The van der Waals surface area contributed by atoms with Gasteiger partial charge in [0, 0.05) is 20.7 Å². The molecule has 0 aliphatic carbocycles. The minimum absolute atomic E-state index is 0.182. The number of hydrogen-bond donors (Lipinski definition) is 0. The van der Waals surface area contributed by atoms with E-state index in [0.29, 0.717) is 16.3 Å². The van der Waals surface area contributed by atoms with Crippen LogP contribution in [0.15, 0.2) is 77.3 Å². The van der Waals surface area contributed by atoms with Gasteiger partial charge in [-0.05, 0) is 55.0 Å². The minimum Gasteiger partial charge on any atom is -0.352 e. The highest BCUT2D eigenvalue weighted by Crippen LogP contribution is 2.50. The molecule has 0 saturated carbocycles. The van der Waals surface area contributed by atoms with Crippen LogP contribution < -0.4 is 9.80 Å². The summed E-state index contributed by atoms with van der Waals surface area (Å²) in [7, 11) is 0. The smallest absolute Gasteiger partial charge is 0.240 e. The lowest BCUT2D eigenvalue weighted by molar-refractivity contribution is -0.122. The maximum atomic E-state index is 14.0. The number of anilines is 2. The van der Waals surface area contributed by atoms with Gasteiger partial charge in [0.25, 0.3) is 0 Å². The molecule has 4 atom stereocenters.